The largest absolute Gasteiger partial charge is 0.354 e. The van der Waals surface area contributed by atoms with Crippen molar-refractivity contribution in [2.75, 3.05) is 6.54 Å². The standard InChI is InChI=1S/C14H28N2O/c1-5-13(3,4)10-16-12(17)14(15)8-6-7-11(2)9-14/h11H,5-10,15H2,1-4H3,(H,16,17). The Morgan fingerprint density at radius 3 is 2.71 bits per heavy atom. The molecule has 1 aliphatic carbocycles. The molecule has 1 rings (SSSR count). The molecule has 17 heavy (non-hydrogen) atoms. The van der Waals surface area contributed by atoms with Crippen molar-refractivity contribution in [1.82, 2.24) is 5.32 Å². The molecule has 0 heterocycles. The SMILES string of the molecule is CCC(C)(C)CNC(=O)C1(N)CCCC(C)C1. The predicted molar refractivity (Wildman–Crippen MR) is 71.6 cm³/mol. The summed E-state index contributed by atoms with van der Waals surface area (Å²) in [7, 11) is 0. The van der Waals surface area contributed by atoms with Crippen molar-refractivity contribution in [3.8, 4) is 0 Å². The van der Waals surface area contributed by atoms with E-state index in [4.69, 9.17) is 5.73 Å². The number of hydrogen-bond donors (Lipinski definition) is 2. The molecule has 0 aromatic rings. The van der Waals surface area contributed by atoms with Crippen LogP contribution in [0.1, 0.15) is 59.8 Å². The fourth-order valence-corrected chi connectivity index (χ4v) is 2.42. The average molecular weight is 240 g/mol. The summed E-state index contributed by atoms with van der Waals surface area (Å²) in [5, 5.41) is 3.04. The first kappa shape index (κ1) is 14.5. The summed E-state index contributed by atoms with van der Waals surface area (Å²) in [5.74, 6) is 0.615. The number of nitrogens with two attached hydrogens (primary N) is 1. The van der Waals surface area contributed by atoms with E-state index in [2.05, 4.69) is 33.0 Å². The maximum absolute atomic E-state index is 12.2. The Labute approximate surface area is 106 Å². The fourth-order valence-electron chi connectivity index (χ4n) is 2.42. The lowest BCUT2D eigenvalue weighted by atomic mass is 9.76. The molecule has 1 amide bonds. The smallest absolute Gasteiger partial charge is 0.240 e. The van der Waals surface area contributed by atoms with Crippen LogP contribution in [0.25, 0.3) is 0 Å². The third-order valence-electron chi connectivity index (χ3n) is 4.17. The lowest BCUT2D eigenvalue weighted by Crippen LogP contribution is -2.57. The third kappa shape index (κ3) is 3.98. The molecule has 0 radical (unpaired) electrons. The number of nitrogens with one attached hydrogen (secondary N) is 1. The minimum atomic E-state index is -0.624. The third-order valence-corrected chi connectivity index (χ3v) is 4.17. The Kier molecular flexibility index (Phi) is 4.59. The first-order valence-corrected chi connectivity index (χ1v) is 6.86. The number of amides is 1. The summed E-state index contributed by atoms with van der Waals surface area (Å²) in [6, 6.07) is 0. The van der Waals surface area contributed by atoms with Crippen LogP contribution < -0.4 is 11.1 Å². The quantitative estimate of drug-likeness (QED) is 0.793. The number of carbonyl (C=O) groups excluding carboxylic acids is 1. The van der Waals surface area contributed by atoms with Crippen LogP contribution in [0.2, 0.25) is 0 Å². The zero-order valence-corrected chi connectivity index (χ0v) is 11.8. The zero-order valence-electron chi connectivity index (χ0n) is 11.8. The number of carbonyl (C=O) groups is 1. The molecule has 3 nitrogen and oxygen atoms in total. The van der Waals surface area contributed by atoms with Crippen molar-refractivity contribution in [2.45, 2.75) is 65.3 Å². The van der Waals surface area contributed by atoms with E-state index in [0.717, 1.165) is 32.2 Å². The van der Waals surface area contributed by atoms with E-state index >= 15 is 0 Å². The summed E-state index contributed by atoms with van der Waals surface area (Å²) in [4.78, 5) is 12.2. The van der Waals surface area contributed by atoms with Gasteiger partial charge in [-0.05, 0) is 30.6 Å². The van der Waals surface area contributed by atoms with E-state index in [1.165, 1.54) is 6.42 Å². The molecule has 0 bridgehead atoms. The van der Waals surface area contributed by atoms with Crippen molar-refractivity contribution in [3.63, 3.8) is 0 Å². The first-order chi connectivity index (χ1) is 7.79. The fraction of sp³-hybridized carbons (Fsp3) is 0.929. The molecule has 2 unspecified atom stereocenters. The lowest BCUT2D eigenvalue weighted by molar-refractivity contribution is -0.128. The molecule has 0 spiro atoms. The lowest BCUT2D eigenvalue weighted by Gasteiger charge is -2.36. The molecule has 1 aliphatic rings. The Morgan fingerprint density at radius 1 is 1.53 bits per heavy atom. The highest BCUT2D eigenvalue weighted by Gasteiger charge is 2.38. The second-order valence-corrected chi connectivity index (χ2v) is 6.56. The summed E-state index contributed by atoms with van der Waals surface area (Å²) >= 11 is 0. The molecule has 1 saturated carbocycles. The summed E-state index contributed by atoms with van der Waals surface area (Å²) < 4.78 is 0. The van der Waals surface area contributed by atoms with Crippen molar-refractivity contribution in [3.05, 3.63) is 0 Å². The van der Waals surface area contributed by atoms with Crippen molar-refractivity contribution >= 4 is 5.91 Å². The van der Waals surface area contributed by atoms with Gasteiger partial charge in [0, 0.05) is 6.54 Å². The van der Waals surface area contributed by atoms with Crippen LogP contribution >= 0.6 is 0 Å². The van der Waals surface area contributed by atoms with Gasteiger partial charge in [-0.25, -0.2) is 0 Å². The predicted octanol–water partition coefficient (Wildman–Crippen LogP) is 2.45. The normalized spacial score (nSPS) is 30.1. The second-order valence-electron chi connectivity index (χ2n) is 6.56. The molecular formula is C14H28N2O. The molecule has 0 saturated heterocycles. The molecule has 3 heteroatoms. The summed E-state index contributed by atoms with van der Waals surface area (Å²) in [5.41, 5.74) is 5.79. The van der Waals surface area contributed by atoms with Gasteiger partial charge in [-0.3, -0.25) is 4.79 Å². The van der Waals surface area contributed by atoms with Crippen LogP contribution in [0.3, 0.4) is 0 Å². The van der Waals surface area contributed by atoms with E-state index in [0.29, 0.717) is 5.92 Å². The topological polar surface area (TPSA) is 55.1 Å². The molecular weight excluding hydrogens is 212 g/mol. The average Bonchev–Trinajstić information content (AvgIpc) is 2.25. The summed E-state index contributed by atoms with van der Waals surface area (Å²) in [6.07, 6.45) is 4.98. The molecule has 0 aromatic carbocycles. The van der Waals surface area contributed by atoms with Crippen molar-refractivity contribution < 1.29 is 4.79 Å². The molecule has 0 aromatic heterocycles. The molecule has 0 aliphatic heterocycles. The Hall–Kier alpha value is -0.570. The minimum absolute atomic E-state index is 0.0468. The Bertz CT molecular complexity index is 275. The maximum atomic E-state index is 12.2. The Morgan fingerprint density at radius 2 is 2.18 bits per heavy atom. The van der Waals surface area contributed by atoms with Crippen molar-refractivity contribution in [1.29, 1.82) is 0 Å². The summed E-state index contributed by atoms with van der Waals surface area (Å²) in [6.45, 7) is 9.38. The molecule has 100 valence electrons. The van der Waals surface area contributed by atoms with Gasteiger partial charge in [-0.1, -0.05) is 40.5 Å². The van der Waals surface area contributed by atoms with Crippen LogP contribution in [-0.4, -0.2) is 18.0 Å². The van der Waals surface area contributed by atoms with Gasteiger partial charge < -0.3 is 11.1 Å². The molecule has 2 atom stereocenters. The van der Waals surface area contributed by atoms with Gasteiger partial charge in [0.1, 0.15) is 0 Å². The van der Waals surface area contributed by atoms with Crippen LogP contribution in [-0.2, 0) is 4.79 Å². The van der Waals surface area contributed by atoms with Gasteiger partial charge >= 0.3 is 0 Å². The molecule has 1 fully saturated rings. The highest BCUT2D eigenvalue weighted by atomic mass is 16.2. The number of rotatable bonds is 4. The second kappa shape index (κ2) is 5.38. The minimum Gasteiger partial charge on any atom is -0.354 e. The van der Waals surface area contributed by atoms with Gasteiger partial charge in [0.15, 0.2) is 0 Å². The van der Waals surface area contributed by atoms with E-state index in [9.17, 15) is 4.79 Å². The Balaban J connectivity index is 2.51. The van der Waals surface area contributed by atoms with E-state index in [1.54, 1.807) is 0 Å². The van der Waals surface area contributed by atoms with E-state index in [-0.39, 0.29) is 11.3 Å². The van der Waals surface area contributed by atoms with E-state index in [1.807, 2.05) is 0 Å². The highest BCUT2D eigenvalue weighted by Crippen LogP contribution is 2.30. The van der Waals surface area contributed by atoms with Crippen LogP contribution in [0.5, 0.6) is 0 Å². The van der Waals surface area contributed by atoms with Crippen LogP contribution in [0, 0.1) is 11.3 Å². The van der Waals surface area contributed by atoms with Gasteiger partial charge in [-0.15, -0.1) is 0 Å². The highest BCUT2D eigenvalue weighted by molar-refractivity contribution is 5.86. The van der Waals surface area contributed by atoms with Crippen molar-refractivity contribution in [2.24, 2.45) is 17.1 Å². The van der Waals surface area contributed by atoms with Gasteiger partial charge in [0.25, 0.3) is 0 Å². The maximum Gasteiger partial charge on any atom is 0.240 e. The molecule has 3 N–H and O–H groups in total. The van der Waals surface area contributed by atoms with E-state index < -0.39 is 5.54 Å². The van der Waals surface area contributed by atoms with Crippen LogP contribution in [0.15, 0.2) is 0 Å². The van der Waals surface area contributed by atoms with Gasteiger partial charge in [-0.2, -0.15) is 0 Å². The van der Waals surface area contributed by atoms with Crippen LogP contribution in [0.4, 0.5) is 0 Å². The zero-order chi connectivity index (χ0) is 13.1. The first-order valence-electron chi connectivity index (χ1n) is 6.86. The van der Waals surface area contributed by atoms with Gasteiger partial charge in [0.2, 0.25) is 5.91 Å². The number of hydrogen-bond acceptors (Lipinski definition) is 2. The van der Waals surface area contributed by atoms with Gasteiger partial charge in [0.05, 0.1) is 5.54 Å². The monoisotopic (exact) mass is 240 g/mol.